The molecule has 2 N–H and O–H groups in total. The number of ether oxygens (including phenoxy) is 2. The van der Waals surface area contributed by atoms with Crippen molar-refractivity contribution in [2.24, 2.45) is 5.14 Å². The summed E-state index contributed by atoms with van der Waals surface area (Å²) in [5, 5.41) is 4.22. The molecule has 0 aliphatic heterocycles. The largest absolute Gasteiger partial charge is 0.494 e. The highest BCUT2D eigenvalue weighted by Gasteiger charge is 2.31. The van der Waals surface area contributed by atoms with Crippen molar-refractivity contribution in [1.82, 2.24) is 9.97 Å². The lowest BCUT2D eigenvalue weighted by Gasteiger charge is -2.23. The first-order valence-corrected chi connectivity index (χ1v) is 7.39. The third-order valence-corrected chi connectivity index (χ3v) is 3.79. The van der Waals surface area contributed by atoms with Gasteiger partial charge in [-0.15, -0.1) is 0 Å². The molecule has 0 unspecified atom stereocenters. The van der Waals surface area contributed by atoms with Crippen LogP contribution in [0.4, 0.5) is 0 Å². The summed E-state index contributed by atoms with van der Waals surface area (Å²) in [7, 11) is -2.25. The van der Waals surface area contributed by atoms with E-state index in [9.17, 15) is 8.42 Å². The molecule has 8 heteroatoms. The van der Waals surface area contributed by atoms with Gasteiger partial charge in [0.25, 0.3) is 0 Å². The second-order valence-corrected chi connectivity index (χ2v) is 6.30. The minimum Gasteiger partial charge on any atom is -0.494 e. The molecule has 1 rings (SSSR count). The number of nitrogens with two attached hydrogens (primary N) is 1. The number of hydrogen-bond donors (Lipinski definition) is 1. The zero-order chi connectivity index (χ0) is 14.6. The van der Waals surface area contributed by atoms with Crippen LogP contribution in [0.1, 0.15) is 32.7 Å². The summed E-state index contributed by atoms with van der Waals surface area (Å²) in [5.74, 6) is 0.742. The topological polar surface area (TPSA) is 104 Å². The smallest absolute Gasteiger partial charge is 0.214 e. The normalized spacial score (nSPS) is 15.3. The van der Waals surface area contributed by atoms with E-state index in [1.165, 1.54) is 26.4 Å². The first-order valence-electron chi connectivity index (χ1n) is 5.78. The van der Waals surface area contributed by atoms with Crippen LogP contribution in [-0.2, 0) is 14.8 Å². The van der Waals surface area contributed by atoms with E-state index in [1.807, 2.05) is 0 Å². The molecule has 0 saturated heterocycles. The van der Waals surface area contributed by atoms with Crippen molar-refractivity contribution in [3.05, 3.63) is 18.2 Å². The fourth-order valence-electron chi connectivity index (χ4n) is 1.43. The zero-order valence-corrected chi connectivity index (χ0v) is 12.2. The molecule has 0 saturated carbocycles. The summed E-state index contributed by atoms with van der Waals surface area (Å²) >= 11 is 0. The Bertz CT molecular complexity index is 501. The molecule has 1 heterocycles. The number of rotatable bonds is 6. The van der Waals surface area contributed by atoms with Crippen molar-refractivity contribution in [2.75, 3.05) is 7.11 Å². The molecule has 0 spiro atoms. The molecule has 1 aromatic heterocycles. The van der Waals surface area contributed by atoms with E-state index in [-0.39, 0.29) is 11.9 Å². The molecule has 0 aromatic carbocycles. The molecule has 0 fully saturated rings. The van der Waals surface area contributed by atoms with Gasteiger partial charge in [0.2, 0.25) is 10.0 Å². The van der Waals surface area contributed by atoms with Gasteiger partial charge in [-0.1, -0.05) is 0 Å². The van der Waals surface area contributed by atoms with Gasteiger partial charge in [-0.25, -0.2) is 23.5 Å². The molecule has 0 aliphatic rings. The third kappa shape index (κ3) is 4.41. The molecule has 0 aliphatic carbocycles. The summed E-state index contributed by atoms with van der Waals surface area (Å²) in [6, 6.07) is 0. The Kier molecular flexibility index (Phi) is 5.21. The summed E-state index contributed by atoms with van der Waals surface area (Å²) in [6.45, 7) is 5.06. The lowest BCUT2D eigenvalue weighted by Crippen LogP contribution is -2.34. The maximum absolute atomic E-state index is 11.5. The predicted molar refractivity (Wildman–Crippen MR) is 70.1 cm³/mol. The summed E-state index contributed by atoms with van der Waals surface area (Å²) in [5.41, 5.74) is 0. The minimum absolute atomic E-state index is 0.181. The van der Waals surface area contributed by atoms with E-state index >= 15 is 0 Å². The Labute approximate surface area is 113 Å². The Hall–Kier alpha value is -1.25. The van der Waals surface area contributed by atoms with Crippen LogP contribution in [-0.4, -0.2) is 36.8 Å². The first-order chi connectivity index (χ1) is 8.75. The van der Waals surface area contributed by atoms with Gasteiger partial charge in [-0.3, -0.25) is 0 Å². The molecule has 0 bridgehead atoms. The number of hydrogen-bond acceptors (Lipinski definition) is 6. The Morgan fingerprint density at radius 2 is 1.74 bits per heavy atom. The van der Waals surface area contributed by atoms with E-state index in [0.29, 0.717) is 5.75 Å². The second-order valence-electron chi connectivity index (χ2n) is 4.38. The van der Waals surface area contributed by atoms with Gasteiger partial charge >= 0.3 is 0 Å². The Morgan fingerprint density at radius 3 is 2.11 bits per heavy atom. The lowest BCUT2D eigenvalue weighted by atomic mass is 10.2. The van der Waals surface area contributed by atoms with Crippen molar-refractivity contribution in [1.29, 1.82) is 0 Å². The van der Waals surface area contributed by atoms with Crippen molar-refractivity contribution < 1.29 is 17.9 Å². The Balaban J connectivity index is 3.08. The molecule has 19 heavy (non-hydrogen) atoms. The van der Waals surface area contributed by atoms with Crippen LogP contribution in [0.15, 0.2) is 12.4 Å². The summed E-state index contributed by atoms with van der Waals surface area (Å²) in [6.07, 6.45) is 1.91. The average Bonchev–Trinajstić information content (AvgIpc) is 2.34. The van der Waals surface area contributed by atoms with Crippen molar-refractivity contribution in [2.45, 2.75) is 38.2 Å². The van der Waals surface area contributed by atoms with Gasteiger partial charge in [0.15, 0.2) is 11.6 Å². The van der Waals surface area contributed by atoms with Crippen molar-refractivity contribution in [3.8, 4) is 5.75 Å². The first kappa shape index (κ1) is 15.8. The van der Waals surface area contributed by atoms with Crippen LogP contribution in [0.25, 0.3) is 0 Å². The van der Waals surface area contributed by atoms with Gasteiger partial charge in [0.1, 0.15) is 11.4 Å². The molecule has 0 amide bonds. The van der Waals surface area contributed by atoms with E-state index in [1.54, 1.807) is 13.8 Å². The van der Waals surface area contributed by atoms with Gasteiger partial charge < -0.3 is 9.47 Å². The molecule has 1 aromatic rings. The van der Waals surface area contributed by atoms with Gasteiger partial charge in [0, 0.05) is 0 Å². The van der Waals surface area contributed by atoms with E-state index in [4.69, 9.17) is 14.6 Å². The highest BCUT2D eigenvalue weighted by Crippen LogP contribution is 2.24. The number of nitrogens with zero attached hydrogens (tertiary/aromatic N) is 2. The van der Waals surface area contributed by atoms with Crippen LogP contribution in [0, 0.1) is 0 Å². The molecular formula is C11H19N3O4S. The van der Waals surface area contributed by atoms with E-state index in [0.717, 1.165) is 0 Å². The fourth-order valence-corrected chi connectivity index (χ4v) is 1.96. The highest BCUT2D eigenvalue weighted by atomic mass is 32.2. The van der Waals surface area contributed by atoms with Crippen molar-refractivity contribution in [3.63, 3.8) is 0 Å². The average molecular weight is 289 g/mol. The maximum Gasteiger partial charge on any atom is 0.214 e. The molecule has 7 nitrogen and oxygen atoms in total. The van der Waals surface area contributed by atoms with Crippen LogP contribution >= 0.6 is 0 Å². The molecule has 0 radical (unpaired) electrons. The highest BCUT2D eigenvalue weighted by molar-refractivity contribution is 7.89. The lowest BCUT2D eigenvalue weighted by molar-refractivity contribution is 0.00140. The van der Waals surface area contributed by atoms with Gasteiger partial charge in [-0.05, 0) is 20.8 Å². The maximum atomic E-state index is 11.5. The van der Waals surface area contributed by atoms with Gasteiger partial charge in [0.05, 0.1) is 25.6 Å². The van der Waals surface area contributed by atoms with Crippen molar-refractivity contribution >= 4 is 10.0 Å². The van der Waals surface area contributed by atoms with Crippen LogP contribution in [0.5, 0.6) is 5.75 Å². The quantitative estimate of drug-likeness (QED) is 0.823. The molecular weight excluding hydrogens is 270 g/mol. The number of aromatic nitrogens is 2. The van der Waals surface area contributed by atoms with E-state index < -0.39 is 21.4 Å². The van der Waals surface area contributed by atoms with Crippen LogP contribution < -0.4 is 9.88 Å². The number of methoxy groups -OCH3 is 1. The SMILES string of the molecule is COc1cnc([C@H](OC(C)C)[C@H](C)S(N)(=O)=O)nc1. The molecule has 108 valence electrons. The monoisotopic (exact) mass is 289 g/mol. The summed E-state index contributed by atoms with van der Waals surface area (Å²) < 4.78 is 33.5. The second kappa shape index (κ2) is 6.27. The zero-order valence-electron chi connectivity index (χ0n) is 11.4. The van der Waals surface area contributed by atoms with Crippen LogP contribution in [0.2, 0.25) is 0 Å². The number of sulfonamides is 1. The summed E-state index contributed by atoms with van der Waals surface area (Å²) in [4.78, 5) is 8.11. The standard InChI is InChI=1S/C11H19N3O4S/c1-7(2)18-10(8(3)19(12,15)16)11-13-5-9(17-4)6-14-11/h5-8,10H,1-4H3,(H2,12,15,16)/t8-,10+/m0/s1. The van der Waals surface area contributed by atoms with Crippen LogP contribution in [0.3, 0.4) is 0 Å². The molecule has 2 atom stereocenters. The number of primary sulfonamides is 1. The Morgan fingerprint density at radius 1 is 1.21 bits per heavy atom. The predicted octanol–water partition coefficient (Wildman–Crippen LogP) is 0.628. The fraction of sp³-hybridized carbons (Fsp3) is 0.636. The van der Waals surface area contributed by atoms with Gasteiger partial charge in [-0.2, -0.15) is 0 Å². The third-order valence-electron chi connectivity index (χ3n) is 2.50. The van der Waals surface area contributed by atoms with E-state index in [2.05, 4.69) is 9.97 Å². The minimum atomic E-state index is -3.75.